The van der Waals surface area contributed by atoms with Gasteiger partial charge in [0.05, 0.1) is 5.02 Å². The topological polar surface area (TPSA) is 77.5 Å². The minimum atomic E-state index is -0.604. The van der Waals surface area contributed by atoms with Gasteiger partial charge >= 0.3 is 0 Å². The minimum absolute atomic E-state index is 0. The molecule has 0 aliphatic carbocycles. The normalized spacial score (nSPS) is 16.3. The standard InChI is InChI=1S/C19H21ClN4O2.2ClH/c20-17-10-15(6-7-18(25)23-26)11-21-19(17)22-16-8-9-24(13-16)12-14-4-2-1-3-5-14;;/h1-7,10-11,16,26H,8-9,12-13H2,(H,21,22)(H,23,25);2*1H/b7-6+;;/t16-;;/m1../s1. The van der Waals surface area contributed by atoms with Crippen LogP contribution in [-0.4, -0.2) is 40.1 Å². The van der Waals surface area contributed by atoms with Crippen molar-refractivity contribution in [3.05, 3.63) is 64.8 Å². The number of pyridine rings is 1. The Hall–Kier alpha value is -1.83. The molecule has 0 unspecified atom stereocenters. The summed E-state index contributed by atoms with van der Waals surface area (Å²) in [6.07, 6.45) is 5.40. The first-order valence-corrected chi connectivity index (χ1v) is 8.82. The van der Waals surface area contributed by atoms with Crippen LogP contribution in [0.2, 0.25) is 5.02 Å². The highest BCUT2D eigenvalue weighted by Gasteiger charge is 2.23. The van der Waals surface area contributed by atoms with Gasteiger partial charge in [-0.05, 0) is 29.7 Å². The lowest BCUT2D eigenvalue weighted by Crippen LogP contribution is -2.26. The molecular weight excluding hydrogens is 423 g/mol. The maximum Gasteiger partial charge on any atom is 0.267 e. The Morgan fingerprint density at radius 2 is 2.07 bits per heavy atom. The van der Waals surface area contributed by atoms with E-state index in [1.54, 1.807) is 12.3 Å². The van der Waals surface area contributed by atoms with Crippen LogP contribution >= 0.6 is 36.4 Å². The number of amides is 1. The van der Waals surface area contributed by atoms with E-state index in [2.05, 4.69) is 39.5 Å². The molecular formula is C19H23Cl3N4O2. The first-order chi connectivity index (χ1) is 12.6. The van der Waals surface area contributed by atoms with Crippen LogP contribution in [0.4, 0.5) is 5.82 Å². The van der Waals surface area contributed by atoms with E-state index in [9.17, 15) is 4.79 Å². The number of anilines is 1. The molecule has 3 N–H and O–H groups in total. The second kappa shape index (κ2) is 11.9. The zero-order valence-corrected chi connectivity index (χ0v) is 17.4. The van der Waals surface area contributed by atoms with E-state index >= 15 is 0 Å². The molecule has 0 bridgehead atoms. The fourth-order valence-corrected chi connectivity index (χ4v) is 3.22. The smallest absolute Gasteiger partial charge is 0.267 e. The molecule has 152 valence electrons. The summed E-state index contributed by atoms with van der Waals surface area (Å²) in [6, 6.07) is 12.5. The van der Waals surface area contributed by atoms with Gasteiger partial charge in [0.1, 0.15) is 5.82 Å². The molecule has 1 fully saturated rings. The summed E-state index contributed by atoms with van der Waals surface area (Å²) in [5.74, 6) is 0.0368. The fourth-order valence-electron chi connectivity index (χ4n) is 2.99. The van der Waals surface area contributed by atoms with Crippen molar-refractivity contribution in [1.82, 2.24) is 15.4 Å². The second-order valence-electron chi connectivity index (χ2n) is 6.26. The zero-order valence-electron chi connectivity index (χ0n) is 15.0. The van der Waals surface area contributed by atoms with Crippen molar-refractivity contribution in [3.8, 4) is 0 Å². The van der Waals surface area contributed by atoms with Crippen LogP contribution in [0.25, 0.3) is 6.08 Å². The second-order valence-corrected chi connectivity index (χ2v) is 6.67. The minimum Gasteiger partial charge on any atom is -0.365 e. The number of benzene rings is 1. The van der Waals surface area contributed by atoms with Gasteiger partial charge in [0.15, 0.2) is 0 Å². The molecule has 1 aromatic heterocycles. The quantitative estimate of drug-likeness (QED) is 0.358. The van der Waals surface area contributed by atoms with Crippen molar-refractivity contribution in [1.29, 1.82) is 0 Å². The van der Waals surface area contributed by atoms with Gasteiger partial charge < -0.3 is 5.32 Å². The number of carbonyl (C=O) groups excluding carboxylic acids is 1. The Bertz CT molecular complexity index is 790. The lowest BCUT2D eigenvalue weighted by Gasteiger charge is -2.17. The fraction of sp³-hybridized carbons (Fsp3) is 0.263. The summed E-state index contributed by atoms with van der Waals surface area (Å²) < 4.78 is 0. The van der Waals surface area contributed by atoms with Crippen LogP contribution in [0.3, 0.4) is 0 Å². The summed E-state index contributed by atoms with van der Waals surface area (Å²) >= 11 is 6.30. The van der Waals surface area contributed by atoms with Crippen molar-refractivity contribution >= 4 is 54.2 Å². The first-order valence-electron chi connectivity index (χ1n) is 8.44. The first kappa shape index (κ1) is 24.2. The summed E-state index contributed by atoms with van der Waals surface area (Å²) in [5.41, 5.74) is 3.53. The van der Waals surface area contributed by atoms with Gasteiger partial charge in [0.2, 0.25) is 0 Å². The molecule has 6 nitrogen and oxygen atoms in total. The Kier molecular flexibility index (Phi) is 10.3. The highest BCUT2D eigenvalue weighted by Crippen LogP contribution is 2.24. The van der Waals surface area contributed by atoms with E-state index < -0.39 is 5.91 Å². The molecule has 1 aromatic carbocycles. The maximum absolute atomic E-state index is 11.0. The van der Waals surface area contributed by atoms with Crippen LogP contribution < -0.4 is 10.8 Å². The molecule has 0 radical (unpaired) electrons. The molecule has 1 saturated heterocycles. The molecule has 1 amide bonds. The monoisotopic (exact) mass is 444 g/mol. The van der Waals surface area contributed by atoms with Crippen molar-refractivity contribution < 1.29 is 10.0 Å². The molecule has 28 heavy (non-hydrogen) atoms. The molecule has 1 atom stereocenters. The number of likely N-dealkylation sites (tertiary alicyclic amines) is 1. The summed E-state index contributed by atoms with van der Waals surface area (Å²) in [7, 11) is 0. The molecule has 0 saturated carbocycles. The third kappa shape index (κ3) is 6.96. The van der Waals surface area contributed by atoms with Gasteiger partial charge in [-0.25, -0.2) is 10.5 Å². The van der Waals surface area contributed by atoms with Crippen molar-refractivity contribution in [2.75, 3.05) is 18.4 Å². The number of carbonyl (C=O) groups is 1. The summed E-state index contributed by atoms with van der Waals surface area (Å²) in [5, 5.41) is 12.4. The highest BCUT2D eigenvalue weighted by molar-refractivity contribution is 6.33. The largest absolute Gasteiger partial charge is 0.365 e. The van der Waals surface area contributed by atoms with Crippen LogP contribution in [0.5, 0.6) is 0 Å². The SMILES string of the molecule is Cl.Cl.O=C(/C=C/c1cnc(N[C@@H]2CCN(Cc3ccccc3)C2)c(Cl)c1)NO. The van der Waals surface area contributed by atoms with E-state index in [-0.39, 0.29) is 24.8 Å². The van der Waals surface area contributed by atoms with E-state index in [4.69, 9.17) is 16.8 Å². The van der Waals surface area contributed by atoms with Crippen LogP contribution in [0.15, 0.2) is 48.7 Å². The maximum atomic E-state index is 11.0. The number of hydrogen-bond acceptors (Lipinski definition) is 5. The van der Waals surface area contributed by atoms with E-state index in [0.717, 1.165) is 26.1 Å². The van der Waals surface area contributed by atoms with Crippen LogP contribution in [-0.2, 0) is 11.3 Å². The lowest BCUT2D eigenvalue weighted by atomic mass is 10.2. The number of hydrogen-bond donors (Lipinski definition) is 3. The van der Waals surface area contributed by atoms with Gasteiger partial charge in [-0.3, -0.25) is 14.9 Å². The summed E-state index contributed by atoms with van der Waals surface area (Å²) in [6.45, 7) is 2.91. The zero-order chi connectivity index (χ0) is 18.4. The summed E-state index contributed by atoms with van der Waals surface area (Å²) in [4.78, 5) is 17.8. The Balaban J connectivity index is 0.00000196. The molecule has 1 aliphatic rings. The average molecular weight is 446 g/mol. The van der Waals surface area contributed by atoms with Gasteiger partial charge in [-0.2, -0.15) is 0 Å². The van der Waals surface area contributed by atoms with Crippen molar-refractivity contribution in [2.45, 2.75) is 19.0 Å². The number of halogens is 3. The van der Waals surface area contributed by atoms with Crippen LogP contribution in [0.1, 0.15) is 17.5 Å². The predicted molar refractivity (Wildman–Crippen MR) is 116 cm³/mol. The van der Waals surface area contributed by atoms with Gasteiger partial charge in [0, 0.05) is 37.9 Å². The van der Waals surface area contributed by atoms with Crippen molar-refractivity contribution in [3.63, 3.8) is 0 Å². The lowest BCUT2D eigenvalue weighted by molar-refractivity contribution is -0.124. The van der Waals surface area contributed by atoms with Crippen LogP contribution in [0, 0.1) is 0 Å². The average Bonchev–Trinajstić information content (AvgIpc) is 3.09. The Morgan fingerprint density at radius 1 is 1.32 bits per heavy atom. The van der Waals surface area contributed by atoms with E-state index in [1.807, 2.05) is 6.07 Å². The third-order valence-electron chi connectivity index (χ3n) is 4.26. The molecule has 0 spiro atoms. The van der Waals surface area contributed by atoms with Gasteiger partial charge in [-0.1, -0.05) is 41.9 Å². The van der Waals surface area contributed by atoms with Gasteiger partial charge in [-0.15, -0.1) is 24.8 Å². The van der Waals surface area contributed by atoms with E-state index in [1.165, 1.54) is 23.2 Å². The third-order valence-corrected chi connectivity index (χ3v) is 4.55. The number of nitrogens with zero attached hydrogens (tertiary/aromatic N) is 2. The Morgan fingerprint density at radius 3 is 2.75 bits per heavy atom. The molecule has 9 heteroatoms. The number of nitrogens with one attached hydrogen (secondary N) is 2. The molecule has 3 rings (SSSR count). The van der Waals surface area contributed by atoms with Crippen molar-refractivity contribution in [2.24, 2.45) is 0 Å². The molecule has 1 aliphatic heterocycles. The van der Waals surface area contributed by atoms with E-state index in [0.29, 0.717) is 22.4 Å². The number of aromatic nitrogens is 1. The predicted octanol–water partition coefficient (Wildman–Crippen LogP) is 3.78. The Labute approximate surface area is 181 Å². The van der Waals surface area contributed by atoms with Gasteiger partial charge in [0.25, 0.3) is 5.91 Å². The number of hydroxylamine groups is 1. The number of rotatable bonds is 6. The highest BCUT2D eigenvalue weighted by atomic mass is 35.5. The molecule has 2 aromatic rings. The molecule has 2 heterocycles.